The van der Waals surface area contributed by atoms with E-state index in [1.165, 1.54) is 23.9 Å². The monoisotopic (exact) mass is 495 g/mol. The van der Waals surface area contributed by atoms with Gasteiger partial charge in [0.05, 0.1) is 11.4 Å². The van der Waals surface area contributed by atoms with Crippen molar-refractivity contribution in [3.63, 3.8) is 0 Å². The lowest BCUT2D eigenvalue weighted by molar-refractivity contribution is -0.140. The third-order valence-corrected chi connectivity index (χ3v) is 6.90. The van der Waals surface area contributed by atoms with Crippen LogP contribution < -0.4 is 14.8 Å². The van der Waals surface area contributed by atoms with Crippen LogP contribution in [-0.2, 0) is 17.4 Å². The minimum atomic E-state index is -4.49. The maximum Gasteiger partial charge on any atom is 0.420 e. The zero-order valence-electron chi connectivity index (χ0n) is 18.9. The Morgan fingerprint density at radius 1 is 1.24 bits per heavy atom. The summed E-state index contributed by atoms with van der Waals surface area (Å²) in [5, 5.41) is 3.90. The molecule has 0 saturated carbocycles. The number of carbonyl (C=O) groups excluding carboxylic acids is 1. The summed E-state index contributed by atoms with van der Waals surface area (Å²) in [7, 11) is 0. The summed E-state index contributed by atoms with van der Waals surface area (Å²) in [6.07, 6.45) is 0.825. The summed E-state index contributed by atoms with van der Waals surface area (Å²) >= 11 is 1.52. The number of fused-ring (bicyclic) bond motifs is 1. The fourth-order valence-electron chi connectivity index (χ4n) is 4.34. The molecule has 2 aromatic rings. The van der Waals surface area contributed by atoms with Gasteiger partial charge < -0.3 is 14.8 Å². The van der Waals surface area contributed by atoms with Crippen molar-refractivity contribution in [3.8, 4) is 11.5 Å². The highest BCUT2D eigenvalue weighted by Crippen LogP contribution is 2.43. The predicted octanol–water partition coefficient (Wildman–Crippen LogP) is 4.03. The van der Waals surface area contributed by atoms with Gasteiger partial charge >= 0.3 is 6.18 Å². The summed E-state index contributed by atoms with van der Waals surface area (Å²) in [6, 6.07) is 7.59. The average Bonchev–Trinajstić information content (AvgIpc) is 2.83. The molecule has 0 unspecified atom stereocenters. The van der Waals surface area contributed by atoms with E-state index in [4.69, 9.17) is 9.47 Å². The number of nitrogens with zero attached hydrogens (tertiary/aromatic N) is 2. The number of rotatable bonds is 7. The summed E-state index contributed by atoms with van der Waals surface area (Å²) in [6.45, 7) is 2.94. The van der Waals surface area contributed by atoms with Crippen molar-refractivity contribution in [1.29, 1.82) is 0 Å². The number of thioether (sulfide) groups is 1. The SMILES string of the molecule is CSc1ncccc1CC(=O)NCC1CCN(C[C@H]2COc3cccc(C(F)(F)F)c3O2)CC1. The first-order valence-corrected chi connectivity index (χ1v) is 12.5. The highest BCUT2D eigenvalue weighted by atomic mass is 32.2. The van der Waals surface area contributed by atoms with Crippen molar-refractivity contribution in [2.45, 2.75) is 36.6 Å². The van der Waals surface area contributed by atoms with Gasteiger partial charge in [0.25, 0.3) is 0 Å². The van der Waals surface area contributed by atoms with Gasteiger partial charge in [-0.1, -0.05) is 12.1 Å². The van der Waals surface area contributed by atoms with E-state index in [2.05, 4.69) is 15.2 Å². The summed E-state index contributed by atoms with van der Waals surface area (Å²) in [5.41, 5.74) is 0.118. The molecule has 1 saturated heterocycles. The lowest BCUT2D eigenvalue weighted by atomic mass is 9.96. The fraction of sp³-hybridized carbons (Fsp3) is 0.500. The molecule has 1 amide bonds. The highest BCUT2D eigenvalue weighted by molar-refractivity contribution is 7.98. The van der Waals surface area contributed by atoms with Gasteiger partial charge in [-0.3, -0.25) is 9.69 Å². The number of alkyl halides is 3. The van der Waals surface area contributed by atoms with Crippen LogP contribution in [0.4, 0.5) is 13.2 Å². The van der Waals surface area contributed by atoms with Crippen molar-refractivity contribution in [2.75, 3.05) is 39.0 Å². The average molecular weight is 496 g/mol. The van der Waals surface area contributed by atoms with Gasteiger partial charge in [0.1, 0.15) is 18.3 Å². The molecule has 1 aromatic carbocycles. The minimum Gasteiger partial charge on any atom is -0.486 e. The van der Waals surface area contributed by atoms with Crippen LogP contribution in [0.2, 0.25) is 0 Å². The number of carbonyl (C=O) groups is 1. The molecular formula is C24H28F3N3O3S. The van der Waals surface area contributed by atoms with Crippen LogP contribution in [0.5, 0.6) is 11.5 Å². The second-order valence-corrected chi connectivity index (χ2v) is 9.37. The number of aromatic nitrogens is 1. The zero-order chi connectivity index (χ0) is 24.1. The number of halogens is 3. The Bertz CT molecular complexity index is 997. The third kappa shape index (κ3) is 6.15. The van der Waals surface area contributed by atoms with Gasteiger partial charge in [-0.05, 0) is 61.9 Å². The predicted molar refractivity (Wildman–Crippen MR) is 123 cm³/mol. The number of pyridine rings is 1. The van der Waals surface area contributed by atoms with Gasteiger partial charge in [0.15, 0.2) is 11.5 Å². The van der Waals surface area contributed by atoms with E-state index in [9.17, 15) is 18.0 Å². The molecule has 0 aliphatic carbocycles. The lowest BCUT2D eigenvalue weighted by Gasteiger charge is -2.36. The summed E-state index contributed by atoms with van der Waals surface area (Å²) < 4.78 is 51.2. The molecule has 0 bridgehead atoms. The molecule has 2 aliphatic rings. The fourth-order valence-corrected chi connectivity index (χ4v) is 4.91. The molecule has 1 aromatic heterocycles. The molecule has 4 rings (SSSR count). The molecule has 0 spiro atoms. The molecule has 1 atom stereocenters. The number of likely N-dealkylation sites (tertiary alicyclic amines) is 1. The highest BCUT2D eigenvalue weighted by Gasteiger charge is 2.38. The van der Waals surface area contributed by atoms with E-state index in [0.717, 1.165) is 42.6 Å². The molecule has 184 valence electrons. The molecule has 3 heterocycles. The van der Waals surface area contributed by atoms with Crippen LogP contribution in [0.1, 0.15) is 24.0 Å². The number of amides is 1. The van der Waals surface area contributed by atoms with E-state index in [1.807, 2.05) is 18.4 Å². The summed E-state index contributed by atoms with van der Waals surface area (Å²) in [5.74, 6) is 0.270. The normalized spacial score (nSPS) is 19.1. The quantitative estimate of drug-likeness (QED) is 0.586. The second kappa shape index (κ2) is 10.9. The number of ether oxygens (including phenoxy) is 2. The van der Waals surface area contributed by atoms with Gasteiger partial charge in [0, 0.05) is 19.3 Å². The zero-order valence-corrected chi connectivity index (χ0v) is 19.8. The maximum absolute atomic E-state index is 13.3. The Balaban J connectivity index is 1.22. The summed E-state index contributed by atoms with van der Waals surface area (Å²) in [4.78, 5) is 18.9. The first-order chi connectivity index (χ1) is 16.3. The number of para-hydroxylation sites is 1. The third-order valence-electron chi connectivity index (χ3n) is 6.14. The van der Waals surface area contributed by atoms with Crippen molar-refractivity contribution < 1.29 is 27.4 Å². The lowest BCUT2D eigenvalue weighted by Crippen LogP contribution is -2.45. The standard InChI is InChI=1S/C24H28F3N3O3S/c1-34-23-17(4-3-9-28-23)12-21(31)29-13-16-7-10-30(11-8-16)14-18-15-32-20-6-2-5-19(22(20)33-18)24(25,26)27/h2-6,9,16,18H,7-8,10-15H2,1H3,(H,29,31)/t18-/m0/s1. The number of benzene rings is 1. The van der Waals surface area contributed by atoms with Crippen LogP contribution in [-0.4, -0.2) is 60.9 Å². The van der Waals surface area contributed by atoms with E-state index in [-0.39, 0.29) is 24.0 Å². The largest absolute Gasteiger partial charge is 0.486 e. The minimum absolute atomic E-state index is 0.0161. The molecule has 0 radical (unpaired) electrons. The number of hydrogen-bond acceptors (Lipinski definition) is 6. The van der Waals surface area contributed by atoms with Gasteiger partial charge in [0.2, 0.25) is 5.91 Å². The molecule has 1 N–H and O–H groups in total. The maximum atomic E-state index is 13.3. The van der Waals surface area contributed by atoms with Crippen LogP contribution in [0.25, 0.3) is 0 Å². The Kier molecular flexibility index (Phi) is 7.88. The van der Waals surface area contributed by atoms with Crippen LogP contribution >= 0.6 is 11.8 Å². The number of hydrogen-bond donors (Lipinski definition) is 1. The topological polar surface area (TPSA) is 63.7 Å². The Morgan fingerprint density at radius 3 is 2.76 bits per heavy atom. The molecule has 2 aliphatic heterocycles. The second-order valence-electron chi connectivity index (χ2n) is 8.58. The Morgan fingerprint density at radius 2 is 2.03 bits per heavy atom. The molecule has 6 nitrogen and oxygen atoms in total. The Labute approximate surface area is 201 Å². The van der Waals surface area contributed by atoms with Crippen LogP contribution in [0.3, 0.4) is 0 Å². The smallest absolute Gasteiger partial charge is 0.420 e. The van der Waals surface area contributed by atoms with Crippen LogP contribution in [0, 0.1) is 5.92 Å². The van der Waals surface area contributed by atoms with Crippen LogP contribution in [0.15, 0.2) is 41.6 Å². The van der Waals surface area contributed by atoms with Crippen molar-refractivity contribution in [3.05, 3.63) is 47.7 Å². The first kappa shape index (κ1) is 24.7. The van der Waals surface area contributed by atoms with Crippen molar-refractivity contribution in [1.82, 2.24) is 15.2 Å². The first-order valence-electron chi connectivity index (χ1n) is 11.3. The van der Waals surface area contributed by atoms with E-state index >= 15 is 0 Å². The number of piperidine rings is 1. The number of nitrogens with one attached hydrogen (secondary N) is 1. The van der Waals surface area contributed by atoms with Crippen molar-refractivity contribution >= 4 is 17.7 Å². The van der Waals surface area contributed by atoms with E-state index in [0.29, 0.717) is 25.4 Å². The van der Waals surface area contributed by atoms with E-state index < -0.39 is 17.8 Å². The Hall–Kier alpha value is -2.46. The van der Waals surface area contributed by atoms with E-state index in [1.54, 1.807) is 6.20 Å². The van der Waals surface area contributed by atoms with Crippen molar-refractivity contribution in [2.24, 2.45) is 5.92 Å². The van der Waals surface area contributed by atoms with Gasteiger partial charge in [-0.15, -0.1) is 11.8 Å². The molecular weight excluding hydrogens is 467 g/mol. The van der Waals surface area contributed by atoms with Gasteiger partial charge in [-0.25, -0.2) is 4.98 Å². The molecule has 1 fully saturated rings. The molecule has 10 heteroatoms. The molecule has 34 heavy (non-hydrogen) atoms. The van der Waals surface area contributed by atoms with Gasteiger partial charge in [-0.2, -0.15) is 13.2 Å².